The number of hydrogen-bond acceptors (Lipinski definition) is 3. The molecule has 2 rings (SSSR count). The van der Waals surface area contributed by atoms with Gasteiger partial charge in [-0.2, -0.15) is 0 Å². The van der Waals surface area contributed by atoms with Gasteiger partial charge in [0.25, 0.3) is 0 Å². The van der Waals surface area contributed by atoms with E-state index in [4.69, 9.17) is 0 Å². The van der Waals surface area contributed by atoms with E-state index in [-0.39, 0.29) is 11.3 Å². The Morgan fingerprint density at radius 1 is 1.38 bits per heavy atom. The number of amidine groups is 1. The molecule has 1 aromatic carbocycles. The minimum Gasteiger partial charge on any atom is -0.478 e. The second-order valence-electron chi connectivity index (χ2n) is 6.00. The van der Waals surface area contributed by atoms with E-state index in [0.717, 1.165) is 12.1 Å². The van der Waals surface area contributed by atoms with Crippen molar-refractivity contribution in [3.63, 3.8) is 0 Å². The Kier molecular flexibility index (Phi) is 5.94. The van der Waals surface area contributed by atoms with Gasteiger partial charge in [0, 0.05) is 24.4 Å². The van der Waals surface area contributed by atoms with Crippen LogP contribution in [0, 0.1) is 6.92 Å². The van der Waals surface area contributed by atoms with Crippen molar-refractivity contribution in [3.8, 4) is 5.75 Å². The van der Waals surface area contributed by atoms with Gasteiger partial charge in [-0.15, -0.1) is 13.2 Å². The Balaban J connectivity index is 2.33. The van der Waals surface area contributed by atoms with E-state index in [2.05, 4.69) is 9.73 Å². The van der Waals surface area contributed by atoms with Crippen molar-refractivity contribution >= 4 is 17.5 Å². The quantitative estimate of drug-likeness (QED) is 0.766. The third kappa shape index (κ3) is 4.77. The first-order valence-electron chi connectivity index (χ1n) is 8.27. The highest BCUT2D eigenvalue weighted by atomic mass is 19.4. The lowest BCUT2D eigenvalue weighted by molar-refractivity contribution is -0.274. The predicted octanol–water partition coefficient (Wildman–Crippen LogP) is 4.66. The van der Waals surface area contributed by atoms with E-state index in [1.807, 2.05) is 4.90 Å². The van der Waals surface area contributed by atoms with Crippen LogP contribution in [0.25, 0.3) is 0 Å². The lowest BCUT2D eigenvalue weighted by Crippen LogP contribution is -2.25. The fraction of sp³-hybridized carbons (Fsp3) is 0.444. The Labute approximate surface area is 149 Å². The number of ether oxygens (including phenoxy) is 1. The summed E-state index contributed by atoms with van der Waals surface area (Å²) in [5, 5.41) is 9.22. The molecule has 0 aromatic heterocycles. The van der Waals surface area contributed by atoms with Gasteiger partial charge in [0.1, 0.15) is 11.6 Å². The molecular weight excluding hydrogens is 349 g/mol. The Morgan fingerprint density at radius 2 is 2.08 bits per heavy atom. The molecule has 0 radical (unpaired) electrons. The van der Waals surface area contributed by atoms with Gasteiger partial charge >= 0.3 is 12.3 Å². The van der Waals surface area contributed by atoms with E-state index < -0.39 is 12.3 Å². The zero-order valence-corrected chi connectivity index (χ0v) is 14.9. The smallest absolute Gasteiger partial charge is 0.478 e. The second-order valence-corrected chi connectivity index (χ2v) is 6.00. The molecule has 0 bridgehead atoms. The number of carboxylic acid groups (broad SMARTS) is 1. The fourth-order valence-corrected chi connectivity index (χ4v) is 2.99. The summed E-state index contributed by atoms with van der Waals surface area (Å²) in [5.41, 5.74) is 2.04. The molecule has 1 saturated heterocycles. The van der Waals surface area contributed by atoms with Crippen LogP contribution in [0.5, 0.6) is 5.75 Å². The molecule has 1 fully saturated rings. The first kappa shape index (κ1) is 19.8. The van der Waals surface area contributed by atoms with E-state index in [9.17, 15) is 23.1 Å². The molecule has 5 nitrogen and oxygen atoms in total. The number of carbonyl (C=O) groups is 1. The first-order valence-corrected chi connectivity index (χ1v) is 8.27. The third-order valence-corrected chi connectivity index (χ3v) is 4.13. The molecule has 1 aliphatic heterocycles. The number of halogens is 3. The zero-order valence-electron chi connectivity index (χ0n) is 14.9. The lowest BCUT2D eigenvalue weighted by atomic mass is 10.1. The normalized spacial score (nSPS) is 17.5. The molecule has 142 valence electrons. The Bertz CT molecular complexity index is 755. The van der Waals surface area contributed by atoms with Gasteiger partial charge in [0.05, 0.1) is 5.57 Å². The molecular formula is C18H21F3N2O3. The van der Waals surface area contributed by atoms with Crippen LogP contribution in [0.2, 0.25) is 0 Å². The predicted molar refractivity (Wildman–Crippen MR) is 92.5 cm³/mol. The SMILES string of the molecule is CC/C(C(=O)O)=C(\C)N=C1CCCN1c1ccc(OC(F)(F)F)cc1C. The van der Waals surface area contributed by atoms with Crippen molar-refractivity contribution in [3.05, 3.63) is 35.0 Å². The fourth-order valence-electron chi connectivity index (χ4n) is 2.99. The number of allylic oxidation sites excluding steroid dienone is 1. The summed E-state index contributed by atoms with van der Waals surface area (Å²) in [6.07, 6.45) is -2.86. The van der Waals surface area contributed by atoms with Crippen molar-refractivity contribution in [1.82, 2.24) is 0 Å². The maximum atomic E-state index is 12.3. The molecule has 0 saturated carbocycles. The summed E-state index contributed by atoms with van der Waals surface area (Å²) >= 11 is 0. The van der Waals surface area contributed by atoms with E-state index in [0.29, 0.717) is 36.5 Å². The van der Waals surface area contributed by atoms with E-state index in [1.54, 1.807) is 26.8 Å². The summed E-state index contributed by atoms with van der Waals surface area (Å²) in [5.74, 6) is -0.558. The van der Waals surface area contributed by atoms with Gasteiger partial charge in [0.15, 0.2) is 0 Å². The number of nitrogens with zero attached hydrogens (tertiary/aromatic N) is 2. The maximum absolute atomic E-state index is 12.3. The van der Waals surface area contributed by atoms with Gasteiger partial charge < -0.3 is 14.7 Å². The number of aryl methyl sites for hydroxylation is 1. The maximum Gasteiger partial charge on any atom is 0.573 e. The van der Waals surface area contributed by atoms with E-state index in [1.165, 1.54) is 12.1 Å². The third-order valence-electron chi connectivity index (χ3n) is 4.13. The zero-order chi connectivity index (χ0) is 19.5. The van der Waals surface area contributed by atoms with Crippen LogP contribution < -0.4 is 9.64 Å². The largest absolute Gasteiger partial charge is 0.573 e. The molecule has 0 spiro atoms. The van der Waals surface area contributed by atoms with Crippen LogP contribution in [0.1, 0.15) is 38.7 Å². The molecule has 1 aliphatic rings. The van der Waals surface area contributed by atoms with Crippen LogP contribution in [0.4, 0.5) is 18.9 Å². The van der Waals surface area contributed by atoms with Crippen LogP contribution >= 0.6 is 0 Å². The highest BCUT2D eigenvalue weighted by Gasteiger charge is 2.31. The van der Waals surface area contributed by atoms with Crippen LogP contribution in [0.3, 0.4) is 0 Å². The van der Waals surface area contributed by atoms with Crippen molar-refractivity contribution in [1.29, 1.82) is 0 Å². The minimum absolute atomic E-state index is 0.245. The van der Waals surface area contributed by atoms with E-state index >= 15 is 0 Å². The minimum atomic E-state index is -4.73. The van der Waals surface area contributed by atoms with Gasteiger partial charge in [-0.1, -0.05) is 6.92 Å². The number of aliphatic carboxylic acids is 1. The van der Waals surface area contributed by atoms with Crippen molar-refractivity contribution < 1.29 is 27.8 Å². The summed E-state index contributed by atoms with van der Waals surface area (Å²) < 4.78 is 41.0. The topological polar surface area (TPSA) is 62.1 Å². The number of anilines is 1. The molecule has 0 amide bonds. The number of benzene rings is 1. The number of aliphatic imine (C=N–C) groups is 1. The number of hydrogen-bond donors (Lipinski definition) is 1. The number of rotatable bonds is 5. The second kappa shape index (κ2) is 7.80. The van der Waals surface area contributed by atoms with Gasteiger partial charge in [-0.25, -0.2) is 9.79 Å². The van der Waals surface area contributed by atoms with Crippen LogP contribution in [0.15, 0.2) is 34.5 Å². The molecule has 1 N–H and O–H groups in total. The first-order chi connectivity index (χ1) is 12.1. The van der Waals surface area contributed by atoms with Crippen LogP contribution in [-0.4, -0.2) is 29.8 Å². The highest BCUT2D eigenvalue weighted by molar-refractivity contribution is 6.01. The highest BCUT2D eigenvalue weighted by Crippen LogP contribution is 2.31. The standard InChI is InChI=1S/C18H21F3N2O3/c1-4-14(17(24)25)12(3)22-16-6-5-9-23(16)15-8-7-13(10-11(15)2)26-18(19,20)21/h7-8,10H,4-6,9H2,1-3H3,(H,24,25)/b14-12-,22-16?. The van der Waals surface area contributed by atoms with Crippen molar-refractivity contribution in [2.24, 2.45) is 4.99 Å². The average molecular weight is 370 g/mol. The molecule has 26 heavy (non-hydrogen) atoms. The molecule has 1 aromatic rings. The average Bonchev–Trinajstić information content (AvgIpc) is 2.93. The lowest BCUT2D eigenvalue weighted by Gasteiger charge is -2.22. The van der Waals surface area contributed by atoms with Crippen molar-refractivity contribution in [2.45, 2.75) is 46.4 Å². The van der Waals surface area contributed by atoms with Gasteiger partial charge in [-0.3, -0.25) is 0 Å². The number of alkyl halides is 3. The molecule has 0 atom stereocenters. The molecule has 8 heteroatoms. The molecule has 0 unspecified atom stereocenters. The Hall–Kier alpha value is -2.51. The monoisotopic (exact) mass is 370 g/mol. The van der Waals surface area contributed by atoms with Crippen molar-refractivity contribution in [2.75, 3.05) is 11.4 Å². The van der Waals surface area contributed by atoms with Gasteiger partial charge in [-0.05, 0) is 50.5 Å². The summed E-state index contributed by atoms with van der Waals surface area (Å²) in [6.45, 7) is 5.78. The summed E-state index contributed by atoms with van der Waals surface area (Å²) in [7, 11) is 0. The molecule has 1 heterocycles. The number of carboxylic acids is 1. The Morgan fingerprint density at radius 3 is 2.62 bits per heavy atom. The summed E-state index contributed by atoms with van der Waals surface area (Å²) in [6, 6.07) is 4.16. The summed E-state index contributed by atoms with van der Waals surface area (Å²) in [4.78, 5) is 17.6. The van der Waals surface area contributed by atoms with Gasteiger partial charge in [0.2, 0.25) is 0 Å². The molecule has 0 aliphatic carbocycles. The van der Waals surface area contributed by atoms with Crippen LogP contribution in [-0.2, 0) is 4.79 Å².